The van der Waals surface area contributed by atoms with E-state index in [0.29, 0.717) is 30.3 Å². The van der Waals surface area contributed by atoms with E-state index in [9.17, 15) is 4.79 Å². The monoisotopic (exact) mass is 361 g/mol. The van der Waals surface area contributed by atoms with Crippen LogP contribution in [0.5, 0.6) is 0 Å². The predicted octanol–water partition coefficient (Wildman–Crippen LogP) is 2.21. The second-order valence-corrected chi connectivity index (χ2v) is 5.03. The van der Waals surface area contributed by atoms with Crippen molar-refractivity contribution in [2.45, 2.75) is 12.5 Å². The number of hydrogen-bond acceptors (Lipinski definition) is 6. The minimum Gasteiger partial charge on any atom is -0.469 e. The van der Waals surface area contributed by atoms with E-state index in [2.05, 4.69) is 10.6 Å². The van der Waals surface area contributed by atoms with Crippen LogP contribution in [0.2, 0.25) is 5.02 Å². The second-order valence-electron chi connectivity index (χ2n) is 4.62. The number of ether oxygens (including phenoxy) is 2. The van der Waals surface area contributed by atoms with Gasteiger partial charge >= 0.3 is 5.97 Å². The molecular weight excluding hydrogens is 341 g/mol. The molecule has 0 aromatic heterocycles. The fourth-order valence-electron chi connectivity index (χ4n) is 1.84. The molecule has 1 aromatic carbocycles. The van der Waals surface area contributed by atoms with E-state index in [0.717, 1.165) is 5.69 Å². The number of methoxy groups -OCH3 is 2. The topological polar surface area (TPSA) is 83.4 Å². The number of nitriles is 1. The van der Waals surface area contributed by atoms with Crippen molar-refractivity contribution in [3.05, 3.63) is 28.8 Å². The van der Waals surface area contributed by atoms with Crippen LogP contribution in [0, 0.1) is 11.3 Å². The largest absolute Gasteiger partial charge is 0.469 e. The highest BCUT2D eigenvalue weighted by Crippen LogP contribution is 2.21. The highest BCUT2D eigenvalue weighted by molar-refractivity contribution is 6.32. The van der Waals surface area contributed by atoms with E-state index in [-0.39, 0.29) is 30.8 Å². The smallest absolute Gasteiger partial charge is 0.307 e. The first kappa shape index (κ1) is 21.5. The highest BCUT2D eigenvalue weighted by atomic mass is 35.5. The molecule has 2 N–H and O–H groups in total. The van der Waals surface area contributed by atoms with Gasteiger partial charge in [0.15, 0.2) is 0 Å². The van der Waals surface area contributed by atoms with Crippen molar-refractivity contribution in [2.24, 2.45) is 0 Å². The Bertz CT molecular complexity index is 535. The molecule has 0 unspecified atom stereocenters. The number of halogens is 2. The van der Waals surface area contributed by atoms with Crippen LogP contribution in [0.25, 0.3) is 0 Å². The Kier molecular flexibility index (Phi) is 11.2. The summed E-state index contributed by atoms with van der Waals surface area (Å²) < 4.78 is 9.67. The quantitative estimate of drug-likeness (QED) is 0.518. The normalized spacial score (nSPS) is 11.0. The van der Waals surface area contributed by atoms with Crippen molar-refractivity contribution >= 4 is 35.7 Å². The van der Waals surface area contributed by atoms with E-state index >= 15 is 0 Å². The van der Waals surface area contributed by atoms with Crippen LogP contribution in [0.3, 0.4) is 0 Å². The molecule has 6 nitrogen and oxygen atoms in total. The molecule has 23 heavy (non-hydrogen) atoms. The number of anilines is 1. The van der Waals surface area contributed by atoms with Gasteiger partial charge < -0.3 is 20.1 Å². The van der Waals surface area contributed by atoms with E-state index in [1.54, 1.807) is 25.3 Å². The summed E-state index contributed by atoms with van der Waals surface area (Å²) in [5, 5.41) is 15.7. The fourth-order valence-corrected chi connectivity index (χ4v) is 2.06. The summed E-state index contributed by atoms with van der Waals surface area (Å²) in [5.41, 5.74) is 1.15. The summed E-state index contributed by atoms with van der Waals surface area (Å²) in [6.07, 6.45) is 0.216. The Morgan fingerprint density at radius 1 is 1.43 bits per heavy atom. The average Bonchev–Trinajstić information content (AvgIpc) is 2.51. The van der Waals surface area contributed by atoms with Crippen LogP contribution < -0.4 is 10.6 Å². The molecule has 0 saturated heterocycles. The molecule has 0 aliphatic heterocycles. The van der Waals surface area contributed by atoms with Gasteiger partial charge in [0.1, 0.15) is 6.07 Å². The number of nitrogens with one attached hydrogen (secondary N) is 2. The SMILES string of the molecule is COCCNC[C@H](CC(=O)OC)Nc1ccc(C#N)c(Cl)c1.Cl. The van der Waals surface area contributed by atoms with Crippen LogP contribution >= 0.6 is 24.0 Å². The molecule has 0 saturated carbocycles. The Hall–Kier alpha value is -1.52. The number of carbonyl (C=O) groups is 1. The maximum Gasteiger partial charge on any atom is 0.307 e. The lowest BCUT2D eigenvalue weighted by Gasteiger charge is -2.20. The second kappa shape index (κ2) is 12.0. The molecule has 1 aromatic rings. The Morgan fingerprint density at radius 2 is 2.17 bits per heavy atom. The van der Waals surface area contributed by atoms with Gasteiger partial charge in [0, 0.05) is 31.9 Å². The lowest BCUT2D eigenvalue weighted by Crippen LogP contribution is -2.36. The number of benzene rings is 1. The Morgan fingerprint density at radius 3 is 2.74 bits per heavy atom. The average molecular weight is 362 g/mol. The predicted molar refractivity (Wildman–Crippen MR) is 92.2 cm³/mol. The van der Waals surface area contributed by atoms with Crippen LogP contribution in [-0.4, -0.2) is 45.9 Å². The zero-order valence-corrected chi connectivity index (χ0v) is 14.7. The number of carbonyl (C=O) groups excluding carboxylic acids is 1. The Balaban J connectivity index is 0.00000484. The van der Waals surface area contributed by atoms with Crippen LogP contribution in [-0.2, 0) is 14.3 Å². The Labute approximate surface area is 147 Å². The van der Waals surface area contributed by atoms with Crippen LogP contribution in [0.4, 0.5) is 5.69 Å². The molecule has 1 atom stereocenters. The van der Waals surface area contributed by atoms with Gasteiger partial charge in [-0.15, -0.1) is 12.4 Å². The lowest BCUT2D eigenvalue weighted by molar-refractivity contribution is -0.140. The van der Waals surface area contributed by atoms with Crippen molar-refractivity contribution in [1.29, 1.82) is 5.26 Å². The van der Waals surface area contributed by atoms with Gasteiger partial charge in [-0.2, -0.15) is 5.26 Å². The zero-order valence-electron chi connectivity index (χ0n) is 13.1. The molecule has 0 spiro atoms. The minimum atomic E-state index is -0.300. The molecule has 0 aliphatic carbocycles. The fraction of sp³-hybridized carbons (Fsp3) is 0.467. The highest BCUT2D eigenvalue weighted by Gasteiger charge is 2.14. The summed E-state index contributed by atoms with van der Waals surface area (Å²) in [4.78, 5) is 11.5. The molecule has 1 rings (SSSR count). The first-order chi connectivity index (χ1) is 10.6. The molecule has 0 amide bonds. The summed E-state index contributed by atoms with van der Waals surface area (Å²) in [7, 11) is 2.99. The van der Waals surface area contributed by atoms with E-state index in [1.165, 1.54) is 7.11 Å². The third kappa shape index (κ3) is 8.05. The van der Waals surface area contributed by atoms with Gasteiger partial charge in [-0.05, 0) is 18.2 Å². The third-order valence-electron chi connectivity index (χ3n) is 2.97. The summed E-state index contributed by atoms with van der Waals surface area (Å²) >= 11 is 6.01. The first-order valence-corrected chi connectivity index (χ1v) is 7.21. The maximum atomic E-state index is 11.5. The molecule has 128 valence electrons. The number of rotatable bonds is 9. The lowest BCUT2D eigenvalue weighted by atomic mass is 10.1. The van der Waals surface area contributed by atoms with Crippen molar-refractivity contribution < 1.29 is 14.3 Å². The van der Waals surface area contributed by atoms with Crippen molar-refractivity contribution in [3.8, 4) is 6.07 Å². The van der Waals surface area contributed by atoms with Crippen molar-refractivity contribution in [2.75, 3.05) is 39.2 Å². The summed E-state index contributed by atoms with van der Waals surface area (Å²) in [6.45, 7) is 1.84. The van der Waals surface area contributed by atoms with Crippen LogP contribution in [0.15, 0.2) is 18.2 Å². The molecule has 0 aliphatic rings. The van der Waals surface area contributed by atoms with E-state index in [1.807, 2.05) is 6.07 Å². The third-order valence-corrected chi connectivity index (χ3v) is 3.29. The van der Waals surface area contributed by atoms with E-state index < -0.39 is 0 Å². The van der Waals surface area contributed by atoms with Gasteiger partial charge in [-0.3, -0.25) is 4.79 Å². The first-order valence-electron chi connectivity index (χ1n) is 6.83. The molecule has 0 radical (unpaired) electrons. The summed E-state index contributed by atoms with van der Waals surface area (Å²) in [5.74, 6) is -0.300. The summed E-state index contributed by atoms with van der Waals surface area (Å²) in [6, 6.07) is 6.90. The number of esters is 1. The van der Waals surface area contributed by atoms with Gasteiger partial charge in [0.05, 0.1) is 30.7 Å². The standard InChI is InChI=1S/C15H20ClN3O3.ClH/c1-21-6-5-18-10-13(8-15(20)22-2)19-12-4-3-11(9-17)14(16)7-12;/h3-4,7,13,18-19H,5-6,8,10H2,1-2H3;1H/t13-;/m0./s1. The van der Waals surface area contributed by atoms with Gasteiger partial charge in [-0.25, -0.2) is 0 Å². The minimum absolute atomic E-state index is 0. The molecule has 0 heterocycles. The molecule has 8 heteroatoms. The number of hydrogen-bond donors (Lipinski definition) is 2. The van der Waals surface area contributed by atoms with Crippen molar-refractivity contribution in [3.63, 3.8) is 0 Å². The molecule has 0 bridgehead atoms. The zero-order chi connectivity index (χ0) is 16.4. The van der Waals surface area contributed by atoms with Crippen molar-refractivity contribution in [1.82, 2.24) is 5.32 Å². The van der Waals surface area contributed by atoms with E-state index in [4.69, 9.17) is 26.3 Å². The van der Waals surface area contributed by atoms with Gasteiger partial charge in [0.2, 0.25) is 0 Å². The maximum absolute atomic E-state index is 11.5. The van der Waals surface area contributed by atoms with Gasteiger partial charge in [0.25, 0.3) is 0 Å². The molecule has 0 fully saturated rings. The molecular formula is C15H21Cl2N3O3. The van der Waals surface area contributed by atoms with Gasteiger partial charge in [-0.1, -0.05) is 11.6 Å². The van der Waals surface area contributed by atoms with Crippen LogP contribution in [0.1, 0.15) is 12.0 Å². The number of nitrogens with zero attached hydrogens (tertiary/aromatic N) is 1.